The first-order valence-corrected chi connectivity index (χ1v) is 11.7. The fourth-order valence-electron chi connectivity index (χ4n) is 4.99. The maximum Gasteiger partial charge on any atom is 0.170 e. The van der Waals surface area contributed by atoms with Gasteiger partial charge >= 0.3 is 0 Å². The van der Waals surface area contributed by atoms with Crippen LogP contribution >= 0.6 is 12.2 Å². The number of fused-ring (bicyclic) bond motifs is 1. The van der Waals surface area contributed by atoms with Crippen LogP contribution in [0, 0.1) is 0 Å². The molecule has 1 aromatic carbocycles. The summed E-state index contributed by atoms with van der Waals surface area (Å²) in [6.07, 6.45) is 7.86. The maximum atomic E-state index is 5.84. The quantitative estimate of drug-likeness (QED) is 0.540. The van der Waals surface area contributed by atoms with E-state index in [0.717, 1.165) is 10.8 Å². The molecule has 0 unspecified atom stereocenters. The van der Waals surface area contributed by atoms with E-state index in [1.54, 1.807) is 0 Å². The molecule has 0 bridgehead atoms. The minimum Gasteiger partial charge on any atom is -0.366 e. The lowest BCUT2D eigenvalue weighted by Gasteiger charge is -2.41. The SMILES string of the molecule is CC1=CC(C)(C)N(C)c2ccc([C@H]3[C@H](c4ccccn4)NC(=S)N3Cc3ccncc3)cc21. The average molecular weight is 456 g/mol. The Morgan fingerprint density at radius 2 is 1.85 bits per heavy atom. The molecule has 2 aliphatic rings. The third kappa shape index (κ3) is 3.89. The summed E-state index contributed by atoms with van der Waals surface area (Å²) in [7, 11) is 2.17. The van der Waals surface area contributed by atoms with E-state index < -0.39 is 0 Å². The van der Waals surface area contributed by atoms with Crippen LogP contribution in [0.4, 0.5) is 5.69 Å². The molecule has 0 saturated carbocycles. The van der Waals surface area contributed by atoms with Crippen molar-refractivity contribution in [3.63, 3.8) is 0 Å². The van der Waals surface area contributed by atoms with Crippen LogP contribution in [-0.2, 0) is 6.54 Å². The smallest absolute Gasteiger partial charge is 0.170 e. The Kier molecular flexibility index (Phi) is 5.41. The first-order chi connectivity index (χ1) is 15.8. The molecule has 5 rings (SSSR count). The van der Waals surface area contributed by atoms with Crippen LogP contribution in [0.3, 0.4) is 0 Å². The van der Waals surface area contributed by atoms with Crippen LogP contribution in [-0.4, -0.2) is 32.6 Å². The van der Waals surface area contributed by atoms with Crippen molar-refractivity contribution in [1.82, 2.24) is 20.2 Å². The first kappa shape index (κ1) is 21.6. The van der Waals surface area contributed by atoms with Crippen molar-refractivity contribution in [3.05, 3.63) is 95.6 Å². The second-order valence-electron chi connectivity index (χ2n) is 9.43. The summed E-state index contributed by atoms with van der Waals surface area (Å²) in [5, 5.41) is 4.30. The van der Waals surface area contributed by atoms with Crippen molar-refractivity contribution in [2.75, 3.05) is 11.9 Å². The summed E-state index contributed by atoms with van der Waals surface area (Å²) in [5.41, 5.74) is 7.22. The maximum absolute atomic E-state index is 5.84. The first-order valence-electron chi connectivity index (χ1n) is 11.3. The number of pyridine rings is 2. The fourth-order valence-corrected chi connectivity index (χ4v) is 5.29. The van der Waals surface area contributed by atoms with Crippen LogP contribution in [0.2, 0.25) is 0 Å². The van der Waals surface area contributed by atoms with Crippen molar-refractivity contribution in [2.45, 2.75) is 44.9 Å². The van der Waals surface area contributed by atoms with Crippen LogP contribution in [0.15, 0.2) is 73.2 Å². The van der Waals surface area contributed by atoms with Gasteiger partial charge in [0.15, 0.2) is 5.11 Å². The minimum absolute atomic E-state index is 0.0149. The average Bonchev–Trinajstić information content (AvgIpc) is 3.14. The summed E-state index contributed by atoms with van der Waals surface area (Å²) in [6.45, 7) is 7.42. The molecule has 1 N–H and O–H groups in total. The molecule has 0 aliphatic carbocycles. The van der Waals surface area contributed by atoms with Crippen molar-refractivity contribution < 1.29 is 0 Å². The zero-order chi connectivity index (χ0) is 23.2. The van der Waals surface area contributed by atoms with Gasteiger partial charge in [0.2, 0.25) is 0 Å². The van der Waals surface area contributed by atoms with Crippen molar-refractivity contribution in [1.29, 1.82) is 0 Å². The highest BCUT2D eigenvalue weighted by molar-refractivity contribution is 7.80. The second kappa shape index (κ2) is 8.27. The highest BCUT2D eigenvalue weighted by atomic mass is 32.1. The number of hydrogen-bond donors (Lipinski definition) is 1. The van der Waals surface area contributed by atoms with Crippen LogP contribution in [0.25, 0.3) is 5.57 Å². The van der Waals surface area contributed by atoms with E-state index in [-0.39, 0.29) is 17.6 Å². The number of nitrogens with one attached hydrogen (secondary N) is 1. The number of aromatic nitrogens is 2. The standard InChI is InChI=1S/C27H29N5S/c1-18-16-27(2,3)31(4)23-9-8-20(15-21(18)23)25-24(22-7-5-6-12-29-22)30-26(33)32(25)17-19-10-13-28-14-11-19/h5-16,24-25H,17H2,1-4H3,(H,30,33)/t24-,25-/m0/s1. The summed E-state index contributed by atoms with van der Waals surface area (Å²) in [4.78, 5) is 13.5. The Morgan fingerprint density at radius 1 is 1.06 bits per heavy atom. The van der Waals surface area contributed by atoms with E-state index in [2.05, 4.69) is 83.2 Å². The zero-order valence-corrected chi connectivity index (χ0v) is 20.3. The molecule has 1 fully saturated rings. The third-order valence-corrected chi connectivity index (χ3v) is 7.23. The minimum atomic E-state index is -0.0272. The summed E-state index contributed by atoms with van der Waals surface area (Å²) < 4.78 is 0. The number of nitrogens with zero attached hydrogens (tertiary/aromatic N) is 4. The highest BCUT2D eigenvalue weighted by Crippen LogP contribution is 2.44. The predicted octanol–water partition coefficient (Wildman–Crippen LogP) is 5.28. The molecule has 2 atom stereocenters. The van der Waals surface area contributed by atoms with Gasteiger partial charge in [-0.25, -0.2) is 0 Å². The second-order valence-corrected chi connectivity index (χ2v) is 9.81. The number of allylic oxidation sites excluding steroid dienone is 1. The number of benzene rings is 1. The molecule has 0 amide bonds. The highest BCUT2D eigenvalue weighted by Gasteiger charge is 2.40. The van der Waals surface area contributed by atoms with Crippen molar-refractivity contribution >= 4 is 28.6 Å². The van der Waals surface area contributed by atoms with E-state index in [1.165, 1.54) is 28.0 Å². The largest absolute Gasteiger partial charge is 0.366 e. The van der Waals surface area contributed by atoms with Gasteiger partial charge in [-0.15, -0.1) is 0 Å². The monoisotopic (exact) mass is 455 g/mol. The summed E-state index contributed by atoms with van der Waals surface area (Å²) in [5.74, 6) is 0. The Morgan fingerprint density at radius 3 is 2.58 bits per heavy atom. The number of rotatable bonds is 4. The topological polar surface area (TPSA) is 44.3 Å². The normalized spacial score (nSPS) is 21.5. The molecule has 6 heteroatoms. The van der Waals surface area contributed by atoms with Gasteiger partial charge in [-0.3, -0.25) is 9.97 Å². The molecule has 5 nitrogen and oxygen atoms in total. The van der Waals surface area contributed by atoms with Gasteiger partial charge in [0.1, 0.15) is 0 Å². The van der Waals surface area contributed by atoms with Crippen molar-refractivity contribution in [2.24, 2.45) is 0 Å². The summed E-state index contributed by atoms with van der Waals surface area (Å²) >= 11 is 5.84. The lowest BCUT2D eigenvalue weighted by molar-refractivity contribution is 0.311. The van der Waals surface area contributed by atoms with E-state index >= 15 is 0 Å². The van der Waals surface area contributed by atoms with E-state index in [1.807, 2.05) is 42.9 Å². The molecule has 1 saturated heterocycles. The zero-order valence-electron chi connectivity index (χ0n) is 19.5. The van der Waals surface area contributed by atoms with Gasteiger partial charge in [0.05, 0.1) is 23.3 Å². The molecule has 3 aromatic rings. The lowest BCUT2D eigenvalue weighted by Crippen LogP contribution is -2.42. The van der Waals surface area contributed by atoms with E-state index in [9.17, 15) is 0 Å². The van der Waals surface area contributed by atoms with Crippen LogP contribution in [0.5, 0.6) is 0 Å². The van der Waals surface area contributed by atoms with Crippen LogP contribution < -0.4 is 10.2 Å². The molecule has 0 radical (unpaired) electrons. The Balaban J connectivity index is 1.60. The summed E-state index contributed by atoms with van der Waals surface area (Å²) in [6, 6.07) is 17.0. The molecule has 0 spiro atoms. The molecule has 2 aromatic heterocycles. The number of thiocarbonyl (C=S) groups is 1. The Labute approximate surface area is 201 Å². The van der Waals surface area contributed by atoms with Crippen molar-refractivity contribution in [3.8, 4) is 0 Å². The van der Waals surface area contributed by atoms with Gasteiger partial charge in [0.25, 0.3) is 0 Å². The van der Waals surface area contributed by atoms with Gasteiger partial charge < -0.3 is 15.1 Å². The molecular formula is C27H29N5S. The number of hydrogen-bond acceptors (Lipinski definition) is 4. The molecule has 168 valence electrons. The van der Waals surface area contributed by atoms with Gasteiger partial charge in [-0.2, -0.15) is 0 Å². The Bertz CT molecular complexity index is 1210. The number of anilines is 1. The van der Waals surface area contributed by atoms with Crippen LogP contribution in [0.1, 0.15) is 55.2 Å². The molecule has 2 aliphatic heterocycles. The lowest BCUT2D eigenvalue weighted by atomic mass is 9.86. The van der Waals surface area contributed by atoms with E-state index in [4.69, 9.17) is 12.2 Å². The predicted molar refractivity (Wildman–Crippen MR) is 138 cm³/mol. The van der Waals surface area contributed by atoms with Gasteiger partial charge in [-0.05, 0) is 86.1 Å². The van der Waals surface area contributed by atoms with E-state index in [0.29, 0.717) is 6.54 Å². The number of likely N-dealkylation sites (N-methyl/N-ethyl adjacent to an activating group) is 1. The third-order valence-electron chi connectivity index (χ3n) is 6.88. The van der Waals surface area contributed by atoms with Gasteiger partial charge in [-0.1, -0.05) is 18.2 Å². The molecular weight excluding hydrogens is 426 g/mol. The van der Waals surface area contributed by atoms with Gasteiger partial charge in [0, 0.05) is 43.4 Å². The Hall–Kier alpha value is -3.25. The molecule has 33 heavy (non-hydrogen) atoms. The fraction of sp³-hybridized carbons (Fsp3) is 0.296. The molecule has 4 heterocycles.